The van der Waals surface area contributed by atoms with Gasteiger partial charge in [-0.05, 0) is 6.07 Å². The van der Waals surface area contributed by atoms with Crippen LogP contribution in [0.4, 0.5) is 11.6 Å². The Morgan fingerprint density at radius 1 is 1.03 bits per heavy atom. The van der Waals surface area contributed by atoms with Crippen LogP contribution in [0.3, 0.4) is 0 Å². The van der Waals surface area contributed by atoms with E-state index in [1.807, 2.05) is 53.4 Å². The molecule has 0 bridgehead atoms. The van der Waals surface area contributed by atoms with E-state index >= 15 is 0 Å². The number of rotatable bonds is 4. The molecule has 11 heteroatoms. The predicted molar refractivity (Wildman–Crippen MR) is 135 cm³/mol. The summed E-state index contributed by atoms with van der Waals surface area (Å²) in [6, 6.07) is 16.4. The molecular weight excluding hydrogens is 460 g/mol. The molecule has 2 aliphatic rings. The largest absolute Gasteiger partial charge is 0.407 e. The molecule has 2 aliphatic heterocycles. The van der Waals surface area contributed by atoms with Crippen LogP contribution in [0.25, 0.3) is 0 Å². The number of aromatic nitrogens is 2. The van der Waals surface area contributed by atoms with E-state index in [-0.39, 0.29) is 5.90 Å². The van der Waals surface area contributed by atoms with Crippen LogP contribution in [0.1, 0.15) is 16.7 Å². The average Bonchev–Trinajstić information content (AvgIpc) is 3.06. The second-order valence-electron chi connectivity index (χ2n) is 8.06. The summed E-state index contributed by atoms with van der Waals surface area (Å²) in [7, 11) is 0. The maximum atomic E-state index is 12.9. The van der Waals surface area contributed by atoms with Crippen LogP contribution >= 0.6 is 0 Å². The first-order chi connectivity index (χ1) is 17.6. The van der Waals surface area contributed by atoms with Gasteiger partial charge in [0.1, 0.15) is 0 Å². The second-order valence-corrected chi connectivity index (χ2v) is 8.06. The van der Waals surface area contributed by atoms with E-state index in [1.54, 1.807) is 6.07 Å². The van der Waals surface area contributed by atoms with Crippen molar-refractivity contribution < 1.29 is 14.3 Å². The van der Waals surface area contributed by atoms with E-state index in [0.29, 0.717) is 49.2 Å². The zero-order valence-corrected chi connectivity index (χ0v) is 19.3. The van der Waals surface area contributed by atoms with Crippen molar-refractivity contribution in [2.75, 3.05) is 36.5 Å². The fraction of sp³-hybridized carbons (Fsp3) is 0.200. The van der Waals surface area contributed by atoms with Crippen LogP contribution in [-0.2, 0) is 14.3 Å². The average molecular weight is 485 g/mol. The molecule has 0 aliphatic carbocycles. The first kappa shape index (κ1) is 23.1. The van der Waals surface area contributed by atoms with E-state index in [0.717, 1.165) is 11.1 Å². The maximum Gasteiger partial charge on any atom is 0.290 e. The molecule has 2 aromatic carbocycles. The summed E-state index contributed by atoms with van der Waals surface area (Å²) in [4.78, 5) is 28.1. The van der Waals surface area contributed by atoms with Crippen LogP contribution in [0.15, 0.2) is 72.0 Å². The number of anilines is 2. The number of nitrogens with zero attached hydrogens (tertiary/aromatic N) is 4. The Hall–Kier alpha value is -4.64. The molecule has 1 aromatic heterocycles. The Balaban J connectivity index is 1.30. The number of para-hydroxylation sites is 1. The summed E-state index contributed by atoms with van der Waals surface area (Å²) < 4.78 is 10.7. The molecule has 4 N–H and O–H groups in total. The Labute approximate surface area is 207 Å². The van der Waals surface area contributed by atoms with Gasteiger partial charge in [0.05, 0.1) is 30.2 Å². The smallest absolute Gasteiger partial charge is 0.290 e. The number of amidine groups is 1. The summed E-state index contributed by atoms with van der Waals surface area (Å²) >= 11 is 0. The number of nitrogens with one attached hydrogen (secondary N) is 4. The number of ether oxygens (including phenoxy) is 2. The molecule has 1 fully saturated rings. The minimum absolute atomic E-state index is 0.296. The van der Waals surface area contributed by atoms with E-state index in [4.69, 9.17) is 20.3 Å². The van der Waals surface area contributed by atoms with E-state index < -0.39 is 18.1 Å². The number of amides is 1. The Morgan fingerprint density at radius 3 is 2.47 bits per heavy atom. The number of benzene rings is 2. The van der Waals surface area contributed by atoms with Crippen molar-refractivity contribution in [3.05, 3.63) is 83.7 Å². The molecule has 1 saturated heterocycles. The summed E-state index contributed by atoms with van der Waals surface area (Å²) in [6.45, 7) is 2.61. The molecule has 3 heterocycles. The van der Waals surface area contributed by atoms with Gasteiger partial charge in [-0.3, -0.25) is 15.6 Å². The molecule has 0 unspecified atom stereocenters. The first-order valence-electron chi connectivity index (χ1n) is 11.4. The Morgan fingerprint density at radius 2 is 1.72 bits per heavy atom. The van der Waals surface area contributed by atoms with Gasteiger partial charge in [0, 0.05) is 36.6 Å². The molecule has 1 amide bonds. The molecular formula is C25H24N8O3. The zero-order valence-electron chi connectivity index (χ0n) is 19.3. The van der Waals surface area contributed by atoms with Crippen molar-refractivity contribution in [2.24, 2.45) is 4.99 Å². The highest BCUT2D eigenvalue weighted by Gasteiger charge is 2.27. The number of fused-ring (bicyclic) bond motifs is 1. The molecule has 0 saturated carbocycles. The Bertz CT molecular complexity index is 1300. The minimum Gasteiger partial charge on any atom is -0.407 e. The SMILES string of the molecule is N=C(N[C@H]1N=C(c2ccccc2)c2ccccc2NC1=O)OC(=N)c1cnc(N2CCOCC2)nc1. The van der Waals surface area contributed by atoms with Gasteiger partial charge in [-0.2, -0.15) is 0 Å². The third-order valence-corrected chi connectivity index (χ3v) is 5.66. The normalized spacial score (nSPS) is 17.2. The number of carbonyl (C=O) groups excluding carboxylic acids is 1. The molecule has 1 atom stereocenters. The summed E-state index contributed by atoms with van der Waals surface area (Å²) in [5.41, 5.74) is 3.10. The first-order valence-corrected chi connectivity index (χ1v) is 11.4. The van der Waals surface area contributed by atoms with Crippen LogP contribution in [-0.4, -0.2) is 66.0 Å². The highest BCUT2D eigenvalue weighted by Crippen LogP contribution is 2.23. The topological polar surface area (TPSA) is 149 Å². The molecule has 11 nitrogen and oxygen atoms in total. The third kappa shape index (κ3) is 5.05. The molecule has 5 rings (SSSR count). The van der Waals surface area contributed by atoms with Gasteiger partial charge in [0.15, 0.2) is 0 Å². The van der Waals surface area contributed by atoms with E-state index in [1.165, 1.54) is 12.4 Å². The maximum absolute atomic E-state index is 12.9. The highest BCUT2D eigenvalue weighted by molar-refractivity contribution is 6.19. The monoisotopic (exact) mass is 484 g/mol. The van der Waals surface area contributed by atoms with Gasteiger partial charge in [0.2, 0.25) is 18.0 Å². The summed E-state index contributed by atoms with van der Waals surface area (Å²) in [5.74, 6) is -0.238. The number of hydrogen-bond donors (Lipinski definition) is 4. The van der Waals surface area contributed by atoms with E-state index in [2.05, 4.69) is 25.6 Å². The van der Waals surface area contributed by atoms with Crippen LogP contribution in [0, 0.1) is 10.8 Å². The van der Waals surface area contributed by atoms with Crippen molar-refractivity contribution in [2.45, 2.75) is 6.17 Å². The lowest BCUT2D eigenvalue weighted by Crippen LogP contribution is -2.43. The quantitative estimate of drug-likeness (QED) is 0.327. The van der Waals surface area contributed by atoms with Gasteiger partial charge >= 0.3 is 0 Å². The molecule has 36 heavy (non-hydrogen) atoms. The third-order valence-electron chi connectivity index (χ3n) is 5.66. The lowest BCUT2D eigenvalue weighted by molar-refractivity contribution is -0.117. The van der Waals surface area contributed by atoms with Gasteiger partial charge < -0.3 is 25.0 Å². The highest BCUT2D eigenvalue weighted by atomic mass is 16.5. The fourth-order valence-corrected chi connectivity index (χ4v) is 3.86. The van der Waals surface area contributed by atoms with E-state index in [9.17, 15) is 4.79 Å². The van der Waals surface area contributed by atoms with Crippen molar-refractivity contribution in [3.8, 4) is 0 Å². The fourth-order valence-electron chi connectivity index (χ4n) is 3.86. The van der Waals surface area contributed by atoms with Gasteiger partial charge in [-0.1, -0.05) is 48.5 Å². The van der Waals surface area contributed by atoms with Gasteiger partial charge in [-0.25, -0.2) is 15.0 Å². The van der Waals surface area contributed by atoms with Gasteiger partial charge in [-0.15, -0.1) is 0 Å². The minimum atomic E-state index is -1.15. The lowest BCUT2D eigenvalue weighted by Gasteiger charge is -2.26. The van der Waals surface area contributed by atoms with Crippen molar-refractivity contribution >= 4 is 35.2 Å². The molecule has 0 radical (unpaired) electrons. The van der Waals surface area contributed by atoms with Crippen molar-refractivity contribution in [3.63, 3.8) is 0 Å². The summed E-state index contributed by atoms with van der Waals surface area (Å²) in [5, 5.41) is 21.9. The standard InChI is InChI=1S/C25H24N8O3/c26-21(17-14-28-25(29-15-17)33-10-12-35-13-11-33)36-24(27)32-22-23(34)30-19-9-5-4-8-18(19)20(31-22)16-6-2-1-3-7-16/h1-9,14-15,22,26H,10-13H2,(H2,27,32)(H,30,34)/t22-/m1/s1. The predicted octanol–water partition coefficient (Wildman–Crippen LogP) is 2.00. The number of hydrogen-bond acceptors (Lipinski definition) is 9. The van der Waals surface area contributed by atoms with Crippen LogP contribution in [0.2, 0.25) is 0 Å². The zero-order chi connectivity index (χ0) is 24.9. The number of benzodiazepines with no additional fused rings is 1. The van der Waals surface area contributed by atoms with Crippen LogP contribution in [0.5, 0.6) is 0 Å². The number of morpholine rings is 1. The molecule has 0 spiro atoms. The van der Waals surface area contributed by atoms with Crippen LogP contribution < -0.4 is 15.5 Å². The van der Waals surface area contributed by atoms with Gasteiger partial charge in [0.25, 0.3) is 11.9 Å². The second kappa shape index (κ2) is 10.3. The summed E-state index contributed by atoms with van der Waals surface area (Å²) in [6.07, 6.45) is 1.79. The van der Waals surface area contributed by atoms with Crippen molar-refractivity contribution in [1.29, 1.82) is 10.8 Å². The Kier molecular flexibility index (Phi) is 6.63. The van der Waals surface area contributed by atoms with Crippen molar-refractivity contribution in [1.82, 2.24) is 15.3 Å². The molecule has 182 valence electrons. The number of aliphatic imine (C=N–C) groups is 1. The lowest BCUT2D eigenvalue weighted by atomic mass is 10.0. The number of carbonyl (C=O) groups is 1. The molecule has 3 aromatic rings.